The lowest BCUT2D eigenvalue weighted by molar-refractivity contribution is 0.0696. The maximum absolute atomic E-state index is 14.3. The van der Waals surface area contributed by atoms with Gasteiger partial charge in [0.2, 0.25) is 5.91 Å². The molecule has 1 amide bonds. The first kappa shape index (κ1) is 37.8. The monoisotopic (exact) mass is 879 g/mol. The average Bonchev–Trinajstić information content (AvgIpc) is 3.78. The Balaban J connectivity index is 0.000000172. The number of halogens is 4. The molecule has 4 heterocycles. The molecular weight excluding hydrogens is 852 g/mol. The minimum absolute atomic E-state index is 0.230. The molecule has 4 aromatic heterocycles. The first-order chi connectivity index (χ1) is 27.0. The summed E-state index contributed by atoms with van der Waals surface area (Å²) in [7, 11) is 0. The Labute approximate surface area is 334 Å². The summed E-state index contributed by atoms with van der Waals surface area (Å²) >= 11 is 6.85. The summed E-state index contributed by atoms with van der Waals surface area (Å²) in [6.45, 7) is 0.916. The number of carbonyl (C=O) groups is 2. The zero-order chi connectivity index (χ0) is 39.3. The third kappa shape index (κ3) is 8.25. The normalized spacial score (nSPS) is 10.9. The van der Waals surface area contributed by atoms with Crippen molar-refractivity contribution in [3.05, 3.63) is 164 Å². The van der Waals surface area contributed by atoms with Gasteiger partial charge in [-0.25, -0.2) is 23.5 Å². The highest BCUT2D eigenvalue weighted by atomic mass is 79.9. The van der Waals surface area contributed by atoms with Crippen molar-refractivity contribution < 1.29 is 23.5 Å². The van der Waals surface area contributed by atoms with Gasteiger partial charge in [0, 0.05) is 41.9 Å². The number of carboxylic acid groups (broad SMARTS) is 1. The molecule has 0 radical (unpaired) electrons. The zero-order valence-corrected chi connectivity index (χ0v) is 32.2. The van der Waals surface area contributed by atoms with Crippen molar-refractivity contribution in [3.63, 3.8) is 0 Å². The molecule has 56 heavy (non-hydrogen) atoms. The molecule has 0 bridgehead atoms. The topological polar surface area (TPSA) is 165 Å². The molecule has 0 aliphatic carbocycles. The molecule has 280 valence electrons. The summed E-state index contributed by atoms with van der Waals surface area (Å²) in [4.78, 5) is 31.2. The SMILES string of the molecule is NC(=O)c1ccc(CNc2cc(-c3ccccc3F)nc3c(Br)cnn23)cc1.O=C(O)c1ccc(CNc2cc(-c3ccccc3F)nc3c(Br)cnn23)cc1. The molecule has 0 fully saturated rings. The first-order valence-electron chi connectivity index (χ1n) is 16.8. The van der Waals surface area contributed by atoms with E-state index >= 15 is 0 Å². The molecule has 16 heteroatoms. The number of hydrogen-bond acceptors (Lipinski definition) is 8. The van der Waals surface area contributed by atoms with Gasteiger partial charge in [0.15, 0.2) is 11.3 Å². The molecule has 12 nitrogen and oxygen atoms in total. The molecule has 0 unspecified atom stereocenters. The van der Waals surface area contributed by atoms with Crippen molar-refractivity contribution in [3.8, 4) is 22.5 Å². The van der Waals surface area contributed by atoms with Gasteiger partial charge in [-0.05, 0) is 91.5 Å². The molecule has 0 spiro atoms. The minimum atomic E-state index is -0.966. The van der Waals surface area contributed by atoms with Crippen LogP contribution in [0.5, 0.6) is 0 Å². The fourth-order valence-electron chi connectivity index (χ4n) is 5.68. The number of nitrogens with one attached hydrogen (secondary N) is 2. The Kier molecular flexibility index (Phi) is 11.1. The molecule has 8 rings (SSSR count). The van der Waals surface area contributed by atoms with Crippen LogP contribution < -0.4 is 16.4 Å². The van der Waals surface area contributed by atoms with Gasteiger partial charge in [0.25, 0.3) is 0 Å². The van der Waals surface area contributed by atoms with E-state index < -0.39 is 11.9 Å². The van der Waals surface area contributed by atoms with E-state index in [4.69, 9.17) is 10.8 Å². The molecule has 0 saturated heterocycles. The van der Waals surface area contributed by atoms with E-state index in [0.717, 1.165) is 11.1 Å². The highest BCUT2D eigenvalue weighted by Gasteiger charge is 2.16. The van der Waals surface area contributed by atoms with Gasteiger partial charge in [0.05, 0.1) is 38.3 Å². The minimum Gasteiger partial charge on any atom is -0.478 e. The van der Waals surface area contributed by atoms with Crippen LogP contribution in [0.3, 0.4) is 0 Å². The van der Waals surface area contributed by atoms with E-state index in [0.29, 0.717) is 73.0 Å². The largest absolute Gasteiger partial charge is 0.478 e. The molecule has 0 atom stereocenters. The number of aromatic carboxylic acids is 1. The zero-order valence-electron chi connectivity index (χ0n) is 29.0. The predicted molar refractivity (Wildman–Crippen MR) is 215 cm³/mol. The van der Waals surface area contributed by atoms with Crippen molar-refractivity contribution in [1.82, 2.24) is 29.2 Å². The Morgan fingerprint density at radius 1 is 0.643 bits per heavy atom. The number of hydrogen-bond donors (Lipinski definition) is 4. The van der Waals surface area contributed by atoms with E-state index in [9.17, 15) is 18.4 Å². The van der Waals surface area contributed by atoms with Crippen LogP contribution in [-0.4, -0.2) is 46.2 Å². The molecule has 0 aliphatic heterocycles. The lowest BCUT2D eigenvalue weighted by Crippen LogP contribution is -2.11. The lowest BCUT2D eigenvalue weighted by atomic mass is 10.1. The van der Waals surface area contributed by atoms with E-state index in [2.05, 4.69) is 62.7 Å². The fraction of sp³-hybridized carbons (Fsp3) is 0.0500. The van der Waals surface area contributed by atoms with Crippen LogP contribution in [0.15, 0.2) is 131 Å². The maximum Gasteiger partial charge on any atom is 0.335 e. The Morgan fingerprint density at radius 3 is 1.45 bits per heavy atom. The van der Waals surface area contributed by atoms with Crippen LogP contribution in [0.1, 0.15) is 31.8 Å². The summed E-state index contributed by atoms with van der Waals surface area (Å²) in [5.74, 6) is -0.838. The smallest absolute Gasteiger partial charge is 0.335 e. The van der Waals surface area contributed by atoms with Gasteiger partial charge in [-0.3, -0.25) is 4.79 Å². The standard InChI is InChI=1S/C20H15BrFN5O.C20H14BrFN4O2/c21-15-11-25-27-18(24-10-12-5-7-13(8-6-12)19(23)28)9-17(26-20(15)27)14-3-1-2-4-16(14)22;21-15-11-24-26-18(23-10-12-5-7-13(8-6-12)20(27)28)9-17(25-19(15)26)14-3-1-2-4-16(14)22/h1-9,11,24H,10H2,(H2,23,28);1-9,11,23H,10H2,(H,27,28). The number of aromatic nitrogens is 6. The van der Waals surface area contributed by atoms with Gasteiger partial charge < -0.3 is 21.5 Å². The quantitative estimate of drug-likeness (QED) is 0.105. The van der Waals surface area contributed by atoms with E-state index in [1.54, 1.807) is 106 Å². The highest BCUT2D eigenvalue weighted by molar-refractivity contribution is 9.11. The summed E-state index contributed by atoms with van der Waals surface area (Å²) in [5, 5.41) is 24.2. The Bertz CT molecular complexity index is 2540. The van der Waals surface area contributed by atoms with Gasteiger partial charge in [-0.1, -0.05) is 48.5 Å². The fourth-order valence-corrected chi connectivity index (χ4v) is 6.37. The Hall–Kier alpha value is -6.52. The number of carboxylic acids is 1. The van der Waals surface area contributed by atoms with Crippen molar-refractivity contribution in [2.45, 2.75) is 13.1 Å². The molecule has 5 N–H and O–H groups in total. The average molecular weight is 882 g/mol. The first-order valence-corrected chi connectivity index (χ1v) is 18.4. The van der Waals surface area contributed by atoms with Crippen LogP contribution in [-0.2, 0) is 13.1 Å². The number of rotatable bonds is 10. The van der Waals surface area contributed by atoms with Gasteiger partial charge in [0.1, 0.15) is 23.3 Å². The maximum atomic E-state index is 14.3. The third-order valence-corrected chi connectivity index (χ3v) is 9.66. The third-order valence-electron chi connectivity index (χ3n) is 8.54. The number of anilines is 2. The van der Waals surface area contributed by atoms with Crippen LogP contribution in [0.25, 0.3) is 33.8 Å². The van der Waals surface area contributed by atoms with Crippen LogP contribution >= 0.6 is 31.9 Å². The highest BCUT2D eigenvalue weighted by Crippen LogP contribution is 2.29. The number of nitrogens with two attached hydrogens (primary N) is 1. The Morgan fingerprint density at radius 2 is 1.05 bits per heavy atom. The summed E-state index contributed by atoms with van der Waals surface area (Å²) in [5.41, 5.74) is 10.7. The molecule has 8 aromatic rings. The molecule has 0 aliphatic rings. The second-order valence-electron chi connectivity index (χ2n) is 12.2. The van der Waals surface area contributed by atoms with Crippen LogP contribution in [0.4, 0.5) is 20.4 Å². The molecular formula is C40H29Br2F2N9O3. The summed E-state index contributed by atoms with van der Waals surface area (Å²) in [6.07, 6.45) is 3.26. The predicted octanol–water partition coefficient (Wildman–Crippen LogP) is 8.62. The second kappa shape index (κ2) is 16.5. The van der Waals surface area contributed by atoms with Crippen molar-refractivity contribution in [2.24, 2.45) is 5.73 Å². The van der Waals surface area contributed by atoms with E-state index in [-0.39, 0.29) is 17.2 Å². The van der Waals surface area contributed by atoms with E-state index in [1.165, 1.54) is 12.1 Å². The lowest BCUT2D eigenvalue weighted by Gasteiger charge is -2.11. The summed E-state index contributed by atoms with van der Waals surface area (Å²) < 4.78 is 33.2. The molecule has 4 aromatic carbocycles. The number of nitrogens with zero attached hydrogens (tertiary/aromatic N) is 6. The molecule has 0 saturated carbocycles. The van der Waals surface area contributed by atoms with Crippen molar-refractivity contribution in [2.75, 3.05) is 10.6 Å². The van der Waals surface area contributed by atoms with Gasteiger partial charge in [-0.15, -0.1) is 0 Å². The van der Waals surface area contributed by atoms with Crippen LogP contribution in [0.2, 0.25) is 0 Å². The number of carbonyl (C=O) groups excluding carboxylic acids is 1. The summed E-state index contributed by atoms with van der Waals surface area (Å²) in [6, 6.07) is 30.0. The second-order valence-corrected chi connectivity index (χ2v) is 13.9. The van der Waals surface area contributed by atoms with Crippen molar-refractivity contribution in [1.29, 1.82) is 0 Å². The number of amides is 1. The number of benzene rings is 4. The number of fused-ring (bicyclic) bond motifs is 2. The number of primary amides is 1. The van der Waals surface area contributed by atoms with E-state index in [1.807, 2.05) is 12.1 Å². The van der Waals surface area contributed by atoms with Gasteiger partial charge >= 0.3 is 5.97 Å². The van der Waals surface area contributed by atoms with Crippen LogP contribution in [0, 0.1) is 11.6 Å². The van der Waals surface area contributed by atoms with Gasteiger partial charge in [-0.2, -0.15) is 19.2 Å². The van der Waals surface area contributed by atoms with Crippen molar-refractivity contribution >= 4 is 66.7 Å².